The molecule has 0 heterocycles. The van der Waals surface area contributed by atoms with Crippen LogP contribution in [0, 0.1) is 10.1 Å². The van der Waals surface area contributed by atoms with Crippen LogP contribution in [-0.2, 0) is 0 Å². The van der Waals surface area contributed by atoms with Crippen molar-refractivity contribution in [3.8, 4) is 11.5 Å². The highest BCUT2D eigenvalue weighted by Crippen LogP contribution is 2.38. The van der Waals surface area contributed by atoms with Crippen LogP contribution >= 0.6 is 27.5 Å². The summed E-state index contributed by atoms with van der Waals surface area (Å²) in [6.07, 6.45) is 0. The molecule has 2 aromatic carbocycles. The molecule has 0 spiro atoms. The summed E-state index contributed by atoms with van der Waals surface area (Å²) < 4.78 is 34.5. The molecule has 0 saturated carbocycles. The number of nitrogens with one attached hydrogen (secondary N) is 1. The molecule has 11 heteroatoms. The monoisotopic (exact) mass is 450 g/mol. The molecule has 0 fully saturated rings. The number of methoxy groups -OCH3 is 1. The molecule has 1 N–H and O–H groups in total. The van der Waals surface area contributed by atoms with Crippen molar-refractivity contribution in [3.63, 3.8) is 0 Å². The van der Waals surface area contributed by atoms with E-state index in [0.29, 0.717) is 0 Å². The zero-order valence-electron chi connectivity index (χ0n) is 13.0. The van der Waals surface area contributed by atoms with Gasteiger partial charge in [-0.05, 0) is 40.2 Å². The standard InChI is InChI=1S/C15H10BrClF2N2O5/c1-25-12-3-2-7(4-11(12)21(23)24)14(22)20-10-6-8(17)5-9(16)13(10)26-15(18)19/h2-6,15H,1H3,(H,20,22). The number of carbonyl (C=O) groups excluding carboxylic acids is 1. The lowest BCUT2D eigenvalue weighted by atomic mass is 10.1. The van der Waals surface area contributed by atoms with Crippen LogP contribution in [0.3, 0.4) is 0 Å². The van der Waals surface area contributed by atoms with Crippen LogP contribution in [-0.4, -0.2) is 24.6 Å². The fourth-order valence-corrected chi connectivity index (χ4v) is 2.93. The first-order valence-corrected chi connectivity index (χ1v) is 7.97. The van der Waals surface area contributed by atoms with E-state index in [9.17, 15) is 23.7 Å². The third-order valence-corrected chi connectivity index (χ3v) is 3.91. The SMILES string of the molecule is COc1ccc(C(=O)Nc2cc(Cl)cc(Br)c2OC(F)F)cc1[N+](=O)[O-]. The number of anilines is 1. The van der Waals surface area contributed by atoms with Crippen molar-refractivity contribution in [3.05, 3.63) is 55.5 Å². The first-order chi connectivity index (χ1) is 12.2. The minimum absolute atomic E-state index is 0.0289. The second-order valence-corrected chi connectivity index (χ2v) is 6.03. The van der Waals surface area contributed by atoms with E-state index >= 15 is 0 Å². The number of amides is 1. The number of nitrogens with zero attached hydrogens (tertiary/aromatic N) is 1. The summed E-state index contributed by atoms with van der Waals surface area (Å²) in [7, 11) is 1.25. The van der Waals surface area contributed by atoms with Crippen molar-refractivity contribution in [2.75, 3.05) is 12.4 Å². The molecule has 0 aliphatic heterocycles. The zero-order valence-corrected chi connectivity index (χ0v) is 15.3. The minimum atomic E-state index is -3.13. The highest BCUT2D eigenvalue weighted by Gasteiger charge is 2.21. The van der Waals surface area contributed by atoms with Crippen molar-refractivity contribution < 1.29 is 28.0 Å². The molecule has 7 nitrogen and oxygen atoms in total. The van der Waals surface area contributed by atoms with Gasteiger partial charge in [0.05, 0.1) is 22.2 Å². The van der Waals surface area contributed by atoms with E-state index in [1.54, 1.807) is 0 Å². The van der Waals surface area contributed by atoms with Gasteiger partial charge in [-0.15, -0.1) is 0 Å². The molecule has 0 aliphatic rings. The number of hydrogen-bond donors (Lipinski definition) is 1. The number of nitro groups is 1. The van der Waals surface area contributed by atoms with Crippen molar-refractivity contribution >= 4 is 44.8 Å². The number of ether oxygens (including phenoxy) is 2. The molecule has 0 aliphatic carbocycles. The Labute approximate surface area is 159 Å². The number of alkyl halides is 2. The normalized spacial score (nSPS) is 10.5. The van der Waals surface area contributed by atoms with E-state index in [-0.39, 0.29) is 32.2 Å². The quantitative estimate of drug-likeness (QED) is 0.500. The van der Waals surface area contributed by atoms with Crippen molar-refractivity contribution in [1.29, 1.82) is 0 Å². The van der Waals surface area contributed by atoms with Crippen molar-refractivity contribution in [2.24, 2.45) is 0 Å². The summed E-state index contributed by atoms with van der Waals surface area (Å²) in [4.78, 5) is 22.7. The molecule has 0 radical (unpaired) electrons. The summed E-state index contributed by atoms with van der Waals surface area (Å²) in [5, 5.41) is 13.5. The Bertz CT molecular complexity index is 866. The van der Waals surface area contributed by atoms with Gasteiger partial charge in [-0.25, -0.2) is 0 Å². The van der Waals surface area contributed by atoms with Gasteiger partial charge in [0.15, 0.2) is 11.5 Å². The van der Waals surface area contributed by atoms with Crippen LogP contribution in [0.15, 0.2) is 34.8 Å². The smallest absolute Gasteiger partial charge is 0.387 e. The average molecular weight is 452 g/mol. The van der Waals surface area contributed by atoms with Crippen LogP contribution in [0.2, 0.25) is 5.02 Å². The summed E-state index contributed by atoms with van der Waals surface area (Å²) in [6, 6.07) is 6.06. The molecule has 0 saturated heterocycles. The zero-order chi connectivity index (χ0) is 19.4. The lowest BCUT2D eigenvalue weighted by molar-refractivity contribution is -0.385. The molecule has 1 amide bonds. The van der Waals surface area contributed by atoms with Gasteiger partial charge < -0.3 is 14.8 Å². The van der Waals surface area contributed by atoms with Crippen LogP contribution < -0.4 is 14.8 Å². The second-order valence-electron chi connectivity index (χ2n) is 4.74. The topological polar surface area (TPSA) is 90.7 Å². The first kappa shape index (κ1) is 19.9. The largest absolute Gasteiger partial charge is 0.490 e. The third-order valence-electron chi connectivity index (χ3n) is 3.10. The molecule has 0 atom stereocenters. The van der Waals surface area contributed by atoms with E-state index in [1.165, 1.54) is 31.4 Å². The first-order valence-electron chi connectivity index (χ1n) is 6.80. The van der Waals surface area contributed by atoms with Gasteiger partial charge in [-0.3, -0.25) is 14.9 Å². The Morgan fingerprint density at radius 2 is 2.04 bits per heavy atom. The van der Waals surface area contributed by atoms with Gasteiger partial charge >= 0.3 is 12.3 Å². The van der Waals surface area contributed by atoms with Gasteiger partial charge in [0.25, 0.3) is 5.91 Å². The Kier molecular flexibility index (Phi) is 6.32. The Balaban J connectivity index is 2.39. The van der Waals surface area contributed by atoms with Crippen molar-refractivity contribution in [1.82, 2.24) is 0 Å². The van der Waals surface area contributed by atoms with Crippen molar-refractivity contribution in [2.45, 2.75) is 6.61 Å². The highest BCUT2D eigenvalue weighted by molar-refractivity contribution is 9.10. The molecule has 2 rings (SSSR count). The maximum Gasteiger partial charge on any atom is 0.387 e. The molecule has 0 bridgehead atoms. The van der Waals surface area contributed by atoms with Gasteiger partial charge in [0, 0.05) is 16.7 Å². The number of benzene rings is 2. The van der Waals surface area contributed by atoms with Gasteiger partial charge in [-0.1, -0.05) is 11.6 Å². The van der Waals surface area contributed by atoms with E-state index in [1.807, 2.05) is 0 Å². The Hall–Kier alpha value is -2.46. The van der Waals surface area contributed by atoms with E-state index in [4.69, 9.17) is 16.3 Å². The molecular weight excluding hydrogens is 442 g/mol. The summed E-state index contributed by atoms with van der Waals surface area (Å²) in [6.45, 7) is -3.13. The Morgan fingerprint density at radius 1 is 1.35 bits per heavy atom. The number of carbonyl (C=O) groups is 1. The number of rotatable bonds is 6. The van der Waals surface area contributed by atoms with Crippen LogP contribution in [0.25, 0.3) is 0 Å². The van der Waals surface area contributed by atoms with Gasteiger partial charge in [-0.2, -0.15) is 8.78 Å². The molecule has 0 aromatic heterocycles. The minimum Gasteiger partial charge on any atom is -0.490 e. The maximum absolute atomic E-state index is 12.6. The predicted octanol–water partition coefficient (Wildman–Crippen LogP) is 4.87. The highest BCUT2D eigenvalue weighted by atomic mass is 79.9. The summed E-state index contributed by atoms with van der Waals surface area (Å²) in [5.74, 6) is -1.15. The summed E-state index contributed by atoms with van der Waals surface area (Å²) >= 11 is 8.89. The molecular formula is C15H10BrClF2N2O5. The maximum atomic E-state index is 12.6. The second kappa shape index (κ2) is 8.28. The van der Waals surface area contributed by atoms with Gasteiger partial charge in [0.1, 0.15) is 0 Å². The average Bonchev–Trinajstić information content (AvgIpc) is 2.56. The van der Waals surface area contributed by atoms with Crippen LogP contribution in [0.4, 0.5) is 20.2 Å². The lowest BCUT2D eigenvalue weighted by Gasteiger charge is -2.14. The van der Waals surface area contributed by atoms with Crippen LogP contribution in [0.5, 0.6) is 11.5 Å². The molecule has 26 heavy (non-hydrogen) atoms. The Morgan fingerprint density at radius 3 is 2.62 bits per heavy atom. The fraction of sp³-hybridized carbons (Fsp3) is 0.133. The molecule has 0 unspecified atom stereocenters. The van der Waals surface area contributed by atoms with Gasteiger partial charge in [0.2, 0.25) is 0 Å². The number of halogens is 4. The van der Waals surface area contributed by atoms with Crippen LogP contribution in [0.1, 0.15) is 10.4 Å². The summed E-state index contributed by atoms with van der Waals surface area (Å²) in [5.41, 5.74) is -0.638. The number of nitro benzene ring substituents is 1. The van der Waals surface area contributed by atoms with E-state index < -0.39 is 23.1 Å². The lowest BCUT2D eigenvalue weighted by Crippen LogP contribution is -2.14. The molecule has 138 valence electrons. The van der Waals surface area contributed by atoms with E-state index in [0.717, 1.165) is 6.07 Å². The van der Waals surface area contributed by atoms with E-state index in [2.05, 4.69) is 26.0 Å². The molecule has 2 aromatic rings. The predicted molar refractivity (Wildman–Crippen MR) is 93.4 cm³/mol. The number of hydrogen-bond acceptors (Lipinski definition) is 5. The fourth-order valence-electron chi connectivity index (χ4n) is 2.03. The third kappa shape index (κ3) is 4.58.